The maximum absolute atomic E-state index is 7.04. The largest absolute Gasteiger partial charge is 0.481 e. The maximum atomic E-state index is 7.04. The maximum Gasteiger partial charge on any atom is 0.140 e. The topological polar surface area (TPSA) is 9.23 Å². The van der Waals surface area contributed by atoms with Crippen LogP contribution in [0, 0.1) is 0 Å². The highest BCUT2D eigenvalue weighted by Gasteiger charge is 2.42. The highest BCUT2D eigenvalue weighted by Crippen LogP contribution is 2.55. The minimum atomic E-state index is -0.141. The number of hydrogen-bond donors (Lipinski definition) is 0. The first-order valence-corrected chi connectivity index (χ1v) is 24.3. The number of ether oxygens (including phenoxy) is 1. The van der Waals surface area contributed by atoms with E-state index in [1.807, 2.05) is 22.7 Å². The van der Waals surface area contributed by atoms with Gasteiger partial charge in [-0.1, -0.05) is 206 Å². The molecule has 0 saturated carbocycles. The van der Waals surface area contributed by atoms with Crippen LogP contribution < -0.4 is 4.74 Å². The Morgan fingerprint density at radius 2 is 0.837 bits per heavy atom. The van der Waals surface area contributed by atoms with Gasteiger partial charge in [0.15, 0.2) is 0 Å². The van der Waals surface area contributed by atoms with E-state index in [2.05, 4.69) is 47.3 Å². The summed E-state index contributed by atoms with van der Waals surface area (Å²) in [4.78, 5) is 2.82. The number of fused-ring (bicyclic) bond motifs is 3. The molecule has 4 heteroatoms. The van der Waals surface area contributed by atoms with Gasteiger partial charge in [-0.3, -0.25) is 0 Å². The first-order valence-electron chi connectivity index (χ1n) is 21.8. The van der Waals surface area contributed by atoms with Crippen molar-refractivity contribution in [2.75, 3.05) is 0 Å². The Balaban J connectivity index is 1.28. The van der Waals surface area contributed by atoms with Crippen LogP contribution in [-0.4, -0.2) is 0 Å². The van der Waals surface area contributed by atoms with E-state index < -0.39 is 0 Å². The van der Waals surface area contributed by atoms with Crippen LogP contribution in [-0.2, 0) is 5.60 Å². The predicted octanol–water partition coefficient (Wildman–Crippen LogP) is 18.1. The van der Waals surface area contributed by atoms with E-state index >= 15 is 0 Å². The molecule has 0 unspecified atom stereocenters. The zero-order valence-corrected chi connectivity index (χ0v) is 35.6. The summed E-state index contributed by atoms with van der Waals surface area (Å²) in [7, 11) is 0. The average molecular weight is 778 g/mol. The Kier molecular flexibility index (Phi) is 24.8. The first kappa shape index (κ1) is 43.1. The van der Waals surface area contributed by atoms with Crippen LogP contribution in [0.5, 0.6) is 5.75 Å². The van der Waals surface area contributed by atoms with Gasteiger partial charge in [-0.15, -0.1) is 22.7 Å². The van der Waals surface area contributed by atoms with Crippen LogP contribution in [0.25, 0.3) is 9.75 Å². The molecule has 282 valence electrons. The molecule has 1 aliphatic rings. The smallest absolute Gasteiger partial charge is 0.140 e. The Hall–Kier alpha value is -0.320. The molecular weight excluding hydrogens is 701 g/mol. The molecule has 2 aromatic rings. The molecule has 1 nitrogen and oxygen atoms in total. The zero-order valence-electron chi connectivity index (χ0n) is 32.4. The second-order valence-electron chi connectivity index (χ2n) is 15.6. The molecule has 0 atom stereocenters. The quantitative estimate of drug-likeness (QED) is 0.0643. The van der Waals surface area contributed by atoms with Gasteiger partial charge in [0.2, 0.25) is 0 Å². The van der Waals surface area contributed by atoms with Crippen molar-refractivity contribution in [3.05, 3.63) is 26.9 Å². The van der Waals surface area contributed by atoms with Gasteiger partial charge < -0.3 is 4.74 Å². The molecule has 0 spiro atoms. The molecule has 0 N–H and O–H groups in total. The molecule has 0 amide bonds. The van der Waals surface area contributed by atoms with Gasteiger partial charge in [-0.05, 0) is 59.1 Å². The van der Waals surface area contributed by atoms with Crippen molar-refractivity contribution in [1.82, 2.24) is 0 Å². The SMILES string of the molecule is CCCCCCCCCCCCCCCCCCC1(CCCCCCCCCCCCCCCCCC)Oc2ccsc2-c2sc(Br)cc21. The second-order valence-corrected chi connectivity index (χ2v) is 19.0. The van der Waals surface area contributed by atoms with Crippen molar-refractivity contribution in [2.24, 2.45) is 0 Å². The lowest BCUT2D eigenvalue weighted by Crippen LogP contribution is -2.35. The van der Waals surface area contributed by atoms with E-state index in [4.69, 9.17) is 4.74 Å². The minimum absolute atomic E-state index is 0.141. The number of halogens is 1. The Morgan fingerprint density at radius 1 is 0.490 bits per heavy atom. The van der Waals surface area contributed by atoms with Crippen LogP contribution in [0.3, 0.4) is 0 Å². The van der Waals surface area contributed by atoms with Gasteiger partial charge in [-0.2, -0.15) is 0 Å². The van der Waals surface area contributed by atoms with E-state index in [0.29, 0.717) is 0 Å². The summed E-state index contributed by atoms with van der Waals surface area (Å²) in [6, 6.07) is 4.63. The summed E-state index contributed by atoms with van der Waals surface area (Å²) in [5.74, 6) is 1.14. The fraction of sp³-hybridized carbons (Fsp3) is 0.822. The molecule has 0 bridgehead atoms. The van der Waals surface area contributed by atoms with Gasteiger partial charge in [0.25, 0.3) is 0 Å². The third kappa shape index (κ3) is 17.8. The lowest BCUT2D eigenvalue weighted by atomic mass is 9.81. The molecule has 0 aliphatic carbocycles. The van der Waals surface area contributed by atoms with Crippen LogP contribution in [0.15, 0.2) is 21.3 Å². The number of hydrogen-bond acceptors (Lipinski definition) is 3. The van der Waals surface area contributed by atoms with Crippen molar-refractivity contribution in [2.45, 2.75) is 238 Å². The van der Waals surface area contributed by atoms with Crippen molar-refractivity contribution >= 4 is 38.6 Å². The number of unbranched alkanes of at least 4 members (excludes halogenated alkanes) is 30. The molecule has 0 aromatic carbocycles. The molecular formula is C45H77BrOS2. The van der Waals surface area contributed by atoms with Gasteiger partial charge in [0.05, 0.1) is 13.5 Å². The molecule has 0 radical (unpaired) electrons. The lowest BCUT2D eigenvalue weighted by molar-refractivity contribution is 0.0397. The minimum Gasteiger partial charge on any atom is -0.481 e. The third-order valence-corrected chi connectivity index (χ3v) is 13.9. The van der Waals surface area contributed by atoms with Crippen molar-refractivity contribution < 1.29 is 4.74 Å². The van der Waals surface area contributed by atoms with Crippen molar-refractivity contribution in [3.63, 3.8) is 0 Å². The first-order chi connectivity index (χ1) is 24.2. The average Bonchev–Trinajstić information content (AvgIpc) is 3.74. The van der Waals surface area contributed by atoms with E-state index in [1.165, 1.54) is 225 Å². The van der Waals surface area contributed by atoms with Crippen molar-refractivity contribution in [1.29, 1.82) is 0 Å². The molecule has 2 aromatic heterocycles. The van der Waals surface area contributed by atoms with E-state index in [9.17, 15) is 0 Å². The number of thiophene rings is 2. The van der Waals surface area contributed by atoms with Crippen molar-refractivity contribution in [3.8, 4) is 15.5 Å². The van der Waals surface area contributed by atoms with E-state index in [-0.39, 0.29) is 5.60 Å². The van der Waals surface area contributed by atoms with Gasteiger partial charge >= 0.3 is 0 Å². The van der Waals surface area contributed by atoms with Crippen LogP contribution in [0.4, 0.5) is 0 Å². The molecule has 0 saturated heterocycles. The monoisotopic (exact) mass is 776 g/mol. The summed E-state index contributed by atoms with van der Waals surface area (Å²) in [5.41, 5.74) is 1.33. The lowest BCUT2D eigenvalue weighted by Gasteiger charge is -2.38. The van der Waals surface area contributed by atoms with Crippen LogP contribution >= 0.6 is 38.6 Å². The molecule has 49 heavy (non-hydrogen) atoms. The third-order valence-electron chi connectivity index (χ3n) is 11.2. The van der Waals surface area contributed by atoms with E-state index in [1.54, 1.807) is 0 Å². The Bertz CT molecular complexity index is 1000. The van der Waals surface area contributed by atoms with Crippen LogP contribution in [0.1, 0.15) is 238 Å². The highest BCUT2D eigenvalue weighted by molar-refractivity contribution is 9.11. The zero-order chi connectivity index (χ0) is 34.7. The Morgan fingerprint density at radius 3 is 1.20 bits per heavy atom. The highest BCUT2D eigenvalue weighted by atomic mass is 79.9. The van der Waals surface area contributed by atoms with Crippen LogP contribution in [0.2, 0.25) is 0 Å². The fourth-order valence-corrected chi connectivity index (χ4v) is 10.8. The molecule has 3 heterocycles. The van der Waals surface area contributed by atoms with E-state index in [0.717, 1.165) is 18.6 Å². The standard InChI is InChI=1S/C45H77BrOS2/c1-3-5-7-9-11-13-15-17-19-21-23-25-27-29-31-33-36-45(40-39-42(46)49-43(40)44-41(47-45)35-38-48-44)37-34-32-30-28-26-24-22-20-18-16-14-12-10-8-6-4-2/h35,38-39H,3-34,36-37H2,1-2H3. The summed E-state index contributed by atoms with van der Waals surface area (Å²) >= 11 is 7.62. The number of rotatable bonds is 34. The Labute approximate surface area is 321 Å². The molecule has 3 rings (SSSR count). The predicted molar refractivity (Wildman–Crippen MR) is 226 cm³/mol. The second kappa shape index (κ2) is 28.2. The summed E-state index contributed by atoms with van der Waals surface area (Å²) < 4.78 is 8.30. The normalized spacial score (nSPS) is 13.4. The van der Waals surface area contributed by atoms with Gasteiger partial charge in [-0.25, -0.2) is 0 Å². The summed E-state index contributed by atoms with van der Waals surface area (Å²) in [6.07, 6.45) is 47.8. The van der Waals surface area contributed by atoms with Gasteiger partial charge in [0.1, 0.15) is 11.4 Å². The summed E-state index contributed by atoms with van der Waals surface area (Å²) in [6.45, 7) is 4.62. The fourth-order valence-electron chi connectivity index (χ4n) is 8.09. The van der Waals surface area contributed by atoms with Gasteiger partial charge in [0, 0.05) is 5.56 Å². The molecule has 1 aliphatic heterocycles. The summed E-state index contributed by atoms with van der Waals surface area (Å²) in [5, 5.41) is 2.22. The molecule has 0 fully saturated rings.